The summed E-state index contributed by atoms with van der Waals surface area (Å²) in [7, 11) is 0. The van der Waals surface area contributed by atoms with E-state index in [1.165, 1.54) is 0 Å². The molecular formula is C21H22N2O3. The van der Waals surface area contributed by atoms with Crippen LogP contribution in [0.5, 0.6) is 5.75 Å². The smallest absolute Gasteiger partial charge is 0.289 e. The van der Waals surface area contributed by atoms with E-state index in [1.807, 2.05) is 61.5 Å². The average Bonchev–Trinajstić information content (AvgIpc) is 2.67. The van der Waals surface area contributed by atoms with Gasteiger partial charge in [0, 0.05) is 4.91 Å². The van der Waals surface area contributed by atoms with Gasteiger partial charge in [0.1, 0.15) is 5.75 Å². The summed E-state index contributed by atoms with van der Waals surface area (Å²) >= 11 is 0. The fraction of sp³-hybridized carbons (Fsp3) is 0.238. The van der Waals surface area contributed by atoms with Crippen molar-refractivity contribution in [1.82, 2.24) is 4.73 Å². The maximum atomic E-state index is 13.2. The highest BCUT2D eigenvalue weighted by Crippen LogP contribution is 2.27. The second-order valence-electron chi connectivity index (χ2n) is 6.20. The van der Waals surface area contributed by atoms with Gasteiger partial charge in [-0.2, -0.15) is 0 Å². The highest BCUT2D eigenvalue weighted by Gasteiger charge is 2.26. The van der Waals surface area contributed by atoms with E-state index < -0.39 is 0 Å². The summed E-state index contributed by atoms with van der Waals surface area (Å²) in [6.07, 6.45) is 0.927. The molecule has 2 aromatic carbocycles. The Labute approximate surface area is 152 Å². The minimum atomic E-state index is 0.353. The normalized spacial score (nSPS) is 10.7. The lowest BCUT2D eigenvalue weighted by molar-refractivity contribution is -0.471. The molecule has 0 unspecified atom stereocenters. The van der Waals surface area contributed by atoms with Crippen LogP contribution in [0.1, 0.15) is 24.7 Å². The largest absolute Gasteiger partial charge is 0.805 e. The van der Waals surface area contributed by atoms with E-state index >= 15 is 0 Å². The van der Waals surface area contributed by atoms with Crippen LogP contribution in [0.3, 0.4) is 0 Å². The van der Waals surface area contributed by atoms with E-state index in [9.17, 15) is 10.1 Å². The molecule has 0 aliphatic rings. The van der Waals surface area contributed by atoms with Crippen LogP contribution in [0.15, 0.2) is 54.6 Å². The summed E-state index contributed by atoms with van der Waals surface area (Å²) in [6, 6.07) is 16.5. The van der Waals surface area contributed by atoms with E-state index in [-0.39, 0.29) is 0 Å². The van der Waals surface area contributed by atoms with E-state index in [0.717, 1.165) is 21.3 Å². The molecule has 5 heteroatoms. The molecule has 0 atom stereocenters. The zero-order valence-electron chi connectivity index (χ0n) is 15.2. The van der Waals surface area contributed by atoms with Crippen LogP contribution in [0.25, 0.3) is 22.5 Å². The van der Waals surface area contributed by atoms with Gasteiger partial charge in [0.15, 0.2) is 0 Å². The number of ether oxygens (including phenoxy) is 1. The van der Waals surface area contributed by atoms with Crippen molar-refractivity contribution in [1.29, 1.82) is 0 Å². The van der Waals surface area contributed by atoms with Crippen LogP contribution in [0, 0.1) is 24.0 Å². The van der Waals surface area contributed by atoms with Crippen molar-refractivity contribution in [2.75, 3.05) is 6.61 Å². The Hall–Kier alpha value is -3.08. The number of benzene rings is 2. The van der Waals surface area contributed by atoms with Crippen molar-refractivity contribution in [3.05, 3.63) is 76.1 Å². The molecule has 134 valence electrons. The molecule has 0 N–H and O–H groups in total. The first kappa shape index (κ1) is 17.7. The van der Waals surface area contributed by atoms with Gasteiger partial charge in [-0.1, -0.05) is 25.1 Å². The van der Waals surface area contributed by atoms with Crippen LogP contribution in [0.4, 0.5) is 0 Å². The van der Waals surface area contributed by atoms with Crippen molar-refractivity contribution in [3.8, 4) is 28.3 Å². The fourth-order valence-electron chi connectivity index (χ4n) is 3.03. The summed E-state index contributed by atoms with van der Waals surface area (Å²) in [5, 5.41) is 12.7. The first-order valence-electron chi connectivity index (χ1n) is 8.69. The van der Waals surface area contributed by atoms with Crippen molar-refractivity contribution in [3.63, 3.8) is 0 Å². The van der Waals surface area contributed by atoms with Crippen LogP contribution in [0.2, 0.25) is 0 Å². The molecule has 0 radical (unpaired) electrons. The molecule has 0 saturated heterocycles. The van der Waals surface area contributed by atoms with Gasteiger partial charge in [-0.05, 0) is 56.7 Å². The van der Waals surface area contributed by atoms with Gasteiger partial charge in [0.25, 0.3) is 11.4 Å². The highest BCUT2D eigenvalue weighted by atomic mass is 16.5. The Morgan fingerprint density at radius 3 is 2.00 bits per heavy atom. The highest BCUT2D eigenvalue weighted by molar-refractivity contribution is 5.64. The first-order chi connectivity index (χ1) is 12.5. The van der Waals surface area contributed by atoms with Gasteiger partial charge in [-0.3, -0.25) is 0 Å². The predicted molar refractivity (Wildman–Crippen MR) is 103 cm³/mol. The third kappa shape index (κ3) is 3.20. The number of rotatable bonds is 5. The lowest BCUT2D eigenvalue weighted by Crippen LogP contribution is -2.27. The summed E-state index contributed by atoms with van der Waals surface area (Å²) in [6.45, 7) is 6.02. The second-order valence-corrected chi connectivity index (χ2v) is 6.20. The lowest BCUT2D eigenvalue weighted by atomic mass is 10.1. The van der Waals surface area contributed by atoms with Crippen molar-refractivity contribution >= 4 is 0 Å². The fourth-order valence-corrected chi connectivity index (χ4v) is 3.03. The molecule has 3 rings (SSSR count). The van der Waals surface area contributed by atoms with E-state index in [1.54, 1.807) is 13.8 Å². The standard InChI is InChI=1S/C21H22N2O3/c1-4-14-26-19-12-10-18(11-13-19)21-16(3)22(24)15(2)20(23(21)25)17-8-6-5-7-9-17/h5-13H,4,14H2,1-3H3. The monoisotopic (exact) mass is 350 g/mol. The summed E-state index contributed by atoms with van der Waals surface area (Å²) in [5.74, 6) is 0.746. The molecule has 1 heterocycles. The molecule has 0 bridgehead atoms. The van der Waals surface area contributed by atoms with Crippen molar-refractivity contribution < 1.29 is 9.16 Å². The zero-order chi connectivity index (χ0) is 18.7. The Bertz CT molecular complexity index is 961. The minimum absolute atomic E-state index is 0.353. The molecule has 1 aromatic heterocycles. The summed E-state index contributed by atoms with van der Waals surface area (Å²) in [4.78, 5) is 13.2. The quantitative estimate of drug-likeness (QED) is 0.637. The van der Waals surface area contributed by atoms with Gasteiger partial charge in [0.05, 0.1) is 33.5 Å². The third-order valence-corrected chi connectivity index (χ3v) is 4.35. The molecule has 0 amide bonds. The molecule has 26 heavy (non-hydrogen) atoms. The van der Waals surface area contributed by atoms with E-state index in [2.05, 4.69) is 0 Å². The summed E-state index contributed by atoms with van der Waals surface area (Å²) in [5.41, 5.74) is 2.88. The first-order valence-corrected chi connectivity index (χ1v) is 8.69. The lowest BCUT2D eigenvalue weighted by Gasteiger charge is -2.19. The van der Waals surface area contributed by atoms with Gasteiger partial charge >= 0.3 is 0 Å². The van der Waals surface area contributed by atoms with Crippen LogP contribution in [-0.2, 0) is 0 Å². The molecule has 0 aliphatic heterocycles. The molecule has 3 aromatic rings. The number of hydrogen-bond donors (Lipinski definition) is 0. The topological polar surface area (TPSA) is 60.2 Å². The average molecular weight is 350 g/mol. The molecule has 0 aliphatic carbocycles. The Balaban J connectivity index is 2.16. The van der Waals surface area contributed by atoms with Gasteiger partial charge < -0.3 is 14.7 Å². The van der Waals surface area contributed by atoms with E-state index in [4.69, 9.17) is 4.74 Å². The maximum Gasteiger partial charge on any atom is 0.289 e. The van der Waals surface area contributed by atoms with Crippen LogP contribution >= 0.6 is 0 Å². The van der Waals surface area contributed by atoms with Gasteiger partial charge in [0.2, 0.25) is 0 Å². The van der Waals surface area contributed by atoms with Crippen molar-refractivity contribution in [2.45, 2.75) is 27.2 Å². The van der Waals surface area contributed by atoms with Gasteiger partial charge in [-0.15, -0.1) is 0 Å². The van der Waals surface area contributed by atoms with E-state index in [0.29, 0.717) is 40.5 Å². The summed E-state index contributed by atoms with van der Waals surface area (Å²) < 4.78 is 7.27. The van der Waals surface area contributed by atoms with Gasteiger partial charge in [-0.25, -0.2) is 0 Å². The Kier molecular flexibility index (Phi) is 5.07. The molecule has 5 nitrogen and oxygen atoms in total. The maximum absolute atomic E-state index is 13.2. The Morgan fingerprint density at radius 1 is 0.923 bits per heavy atom. The number of nitrogens with zero attached hydrogens (tertiary/aromatic N) is 2. The molecule has 0 fully saturated rings. The predicted octanol–water partition coefficient (Wildman–Crippen LogP) is 4.49. The SMILES string of the molecule is CCCOc1ccc(-c2c(C)n([O-])c(C)c(-c3ccccc3)[n+]2=O)cc1. The molecule has 0 spiro atoms. The third-order valence-electron chi connectivity index (χ3n) is 4.35. The van der Waals surface area contributed by atoms with Crippen molar-refractivity contribution in [2.24, 2.45) is 0 Å². The number of hydrogen-bond acceptors (Lipinski definition) is 3. The van der Waals surface area contributed by atoms with Crippen LogP contribution in [-0.4, -0.2) is 11.3 Å². The number of aromatic nitrogens is 2. The molecular weight excluding hydrogens is 328 g/mol. The zero-order valence-corrected chi connectivity index (χ0v) is 15.2. The molecule has 0 saturated carbocycles. The minimum Gasteiger partial charge on any atom is -0.805 e. The van der Waals surface area contributed by atoms with Crippen LogP contribution < -0.4 is 9.16 Å². The second kappa shape index (κ2) is 7.44. The Morgan fingerprint density at radius 2 is 1.46 bits per heavy atom.